The Morgan fingerprint density at radius 2 is 0.868 bits per heavy atom. The molecule has 0 spiro atoms. The molecule has 2 rings (SSSR count). The number of nitrogens with zero attached hydrogens (tertiary/aromatic N) is 2. The fraction of sp³-hybridized carbons (Fsp3) is 0.533. The van der Waals surface area contributed by atoms with Crippen LogP contribution >= 0.6 is 0 Å². The minimum atomic E-state index is 0. The number of aliphatic hydroxyl groups excluding tert-OH is 2. The van der Waals surface area contributed by atoms with Gasteiger partial charge in [-0.05, 0) is 49.9 Å². The molecule has 0 unspecified atom stereocenters. The lowest BCUT2D eigenvalue weighted by Crippen LogP contribution is -3.00. The largest absolute Gasteiger partial charge is 1.00 e. The third-order valence-electron chi connectivity index (χ3n) is 7.92. The van der Waals surface area contributed by atoms with Crippen molar-refractivity contribution in [1.29, 1.82) is 0 Å². The van der Waals surface area contributed by atoms with Gasteiger partial charge in [0.1, 0.15) is 0 Å². The maximum Gasteiger partial charge on any atom is 0.318 e. The van der Waals surface area contributed by atoms with E-state index in [1.54, 1.807) is 0 Å². The monoisotopic (exact) mass is 656 g/mol. The van der Waals surface area contributed by atoms with Crippen molar-refractivity contribution in [2.45, 2.75) is 53.4 Å². The lowest BCUT2D eigenvalue weighted by atomic mass is 10.00. The Kier molecular flexibility index (Phi) is 17.4. The predicted molar refractivity (Wildman–Crippen MR) is 145 cm³/mol. The van der Waals surface area contributed by atoms with Crippen molar-refractivity contribution in [1.82, 2.24) is 0 Å². The van der Waals surface area contributed by atoms with Gasteiger partial charge >= 0.3 is 11.8 Å². The first-order valence-corrected chi connectivity index (χ1v) is 13.5. The van der Waals surface area contributed by atoms with Gasteiger partial charge in [-0.2, -0.15) is 0 Å². The molecule has 2 amide bonds. The second kappa shape index (κ2) is 18.0. The number of rotatable bonds is 15. The van der Waals surface area contributed by atoms with Crippen LogP contribution in [0.15, 0.2) is 48.5 Å². The third kappa shape index (κ3) is 9.35. The molecule has 2 aromatic rings. The van der Waals surface area contributed by atoms with Crippen LogP contribution in [0.25, 0.3) is 11.1 Å². The summed E-state index contributed by atoms with van der Waals surface area (Å²) in [5.74, 6) is 0.394. The van der Waals surface area contributed by atoms with Crippen LogP contribution in [0.3, 0.4) is 0 Å². The molecule has 0 aliphatic carbocycles. The van der Waals surface area contributed by atoms with E-state index in [0.717, 1.165) is 48.4 Å². The molecule has 0 saturated carbocycles. The number of hydrogen-bond acceptors (Lipinski definition) is 4. The zero-order chi connectivity index (χ0) is 26.6. The van der Waals surface area contributed by atoms with Gasteiger partial charge in [0.15, 0.2) is 0 Å². The molecule has 8 heteroatoms. The summed E-state index contributed by atoms with van der Waals surface area (Å²) in [5, 5.41) is 18.5. The first-order chi connectivity index (χ1) is 17.3. The fourth-order valence-electron chi connectivity index (χ4n) is 5.10. The number of hydrogen-bond donors (Lipinski definition) is 2. The normalized spacial score (nSPS) is 11.4. The average Bonchev–Trinajstić information content (AvgIpc) is 2.91. The zero-order valence-electron chi connectivity index (χ0n) is 23.5. The summed E-state index contributed by atoms with van der Waals surface area (Å²) in [4.78, 5) is 26.2. The van der Waals surface area contributed by atoms with Gasteiger partial charge in [-0.15, -0.1) is 0 Å². The van der Waals surface area contributed by atoms with E-state index in [1.807, 2.05) is 76.2 Å². The molecular weight excluding hydrogens is 612 g/mol. The number of likely N-dealkylation sites (N-methyl/N-ethyl adjacent to an activating group) is 2. The molecule has 2 aromatic carbocycles. The number of amides is 2. The average molecular weight is 659 g/mol. The summed E-state index contributed by atoms with van der Waals surface area (Å²) in [6.45, 7) is 12.7. The van der Waals surface area contributed by atoms with Gasteiger partial charge in [0.2, 0.25) is 0 Å². The van der Waals surface area contributed by atoms with Crippen LogP contribution in [-0.2, 0) is 22.4 Å². The first kappa shape index (κ1) is 36.6. The molecule has 0 bridgehead atoms. The quantitative estimate of drug-likeness (QED) is 0.217. The number of benzene rings is 2. The smallest absolute Gasteiger partial charge is 0.318 e. The van der Waals surface area contributed by atoms with Gasteiger partial charge < -0.3 is 44.2 Å². The zero-order valence-corrected chi connectivity index (χ0v) is 26.6. The molecule has 0 aliphatic rings. The van der Waals surface area contributed by atoms with Crippen molar-refractivity contribution < 1.29 is 62.7 Å². The van der Waals surface area contributed by atoms with Gasteiger partial charge in [-0.3, -0.25) is 8.97 Å². The highest BCUT2D eigenvalue weighted by Gasteiger charge is 2.33. The maximum atomic E-state index is 13.1. The van der Waals surface area contributed by atoms with E-state index in [1.165, 1.54) is 0 Å². The van der Waals surface area contributed by atoms with Crippen molar-refractivity contribution in [3.63, 3.8) is 0 Å². The molecule has 0 fully saturated rings. The Labute approximate surface area is 250 Å². The lowest BCUT2D eigenvalue weighted by molar-refractivity contribution is -0.851. The number of aliphatic hydroxyl groups is 2. The summed E-state index contributed by atoms with van der Waals surface area (Å²) >= 11 is 0. The SMILES string of the molecule is CC[N+](CC)(CCCO)C(=O)Cc1ccc(-c2ccc(CC(=O)[N+](CC)(CC)CCCO)cc2)cc1.[Br-].[Br-]. The highest BCUT2D eigenvalue weighted by atomic mass is 79.9. The first-order valence-electron chi connectivity index (χ1n) is 13.5. The fourth-order valence-corrected chi connectivity index (χ4v) is 5.10. The van der Waals surface area contributed by atoms with Crippen molar-refractivity contribution >= 4 is 11.8 Å². The van der Waals surface area contributed by atoms with Crippen LogP contribution in [0.2, 0.25) is 0 Å². The van der Waals surface area contributed by atoms with Gasteiger partial charge in [0.05, 0.1) is 52.1 Å². The van der Waals surface area contributed by atoms with Gasteiger partial charge in [0.25, 0.3) is 0 Å². The molecule has 2 N–H and O–H groups in total. The highest BCUT2D eigenvalue weighted by molar-refractivity contribution is 5.74. The van der Waals surface area contributed by atoms with E-state index in [0.29, 0.717) is 47.7 Å². The Hall–Kier alpha value is -1.42. The molecule has 214 valence electrons. The van der Waals surface area contributed by atoms with Crippen LogP contribution in [0.4, 0.5) is 0 Å². The number of halogens is 2. The summed E-state index contributed by atoms with van der Waals surface area (Å²) in [6.07, 6.45) is 2.04. The van der Waals surface area contributed by atoms with E-state index in [4.69, 9.17) is 0 Å². The minimum absolute atomic E-state index is 0. The molecule has 38 heavy (non-hydrogen) atoms. The van der Waals surface area contributed by atoms with E-state index in [-0.39, 0.29) is 59.0 Å². The maximum absolute atomic E-state index is 13.1. The second-order valence-corrected chi connectivity index (χ2v) is 9.69. The van der Waals surface area contributed by atoms with Crippen LogP contribution < -0.4 is 34.0 Å². The summed E-state index contributed by atoms with van der Waals surface area (Å²) in [7, 11) is 0. The lowest BCUT2D eigenvalue weighted by Gasteiger charge is -2.34. The molecular formula is C30H46Br2N2O4. The van der Waals surface area contributed by atoms with E-state index in [2.05, 4.69) is 0 Å². The molecule has 6 nitrogen and oxygen atoms in total. The van der Waals surface area contributed by atoms with Crippen LogP contribution in [0.5, 0.6) is 0 Å². The third-order valence-corrected chi connectivity index (χ3v) is 7.92. The molecule has 0 atom stereocenters. The Bertz CT molecular complexity index is 878. The second-order valence-electron chi connectivity index (χ2n) is 9.69. The Balaban J connectivity index is 0.00000684. The minimum Gasteiger partial charge on any atom is -1.00 e. The predicted octanol–water partition coefficient (Wildman–Crippen LogP) is -2.02. The molecule has 0 saturated heterocycles. The molecule has 0 aromatic heterocycles. The number of quaternary nitrogens is 2. The van der Waals surface area contributed by atoms with Crippen molar-refractivity contribution in [3.05, 3.63) is 59.7 Å². The standard InChI is InChI=1S/C30H46N2O4.2BrH/c1-5-31(6-2,19-9-21-33)29(35)23-25-11-15-27(16-12-25)28-17-13-26(14-18-28)24-30(36)32(7-3,8-4)20-10-22-34;;/h11-18,33-34H,5-10,19-24H2,1-4H3;2*1H/q+2;;/p-2. The number of carbonyl (C=O) groups excluding carboxylic acids is 2. The Morgan fingerprint density at radius 3 is 1.11 bits per heavy atom. The number of carbonyl (C=O) groups is 2. The summed E-state index contributed by atoms with van der Waals surface area (Å²) < 4.78 is 0.803. The molecule has 0 aliphatic heterocycles. The molecule has 0 heterocycles. The molecule has 0 radical (unpaired) electrons. The van der Waals surface area contributed by atoms with Crippen molar-refractivity contribution in [3.8, 4) is 11.1 Å². The van der Waals surface area contributed by atoms with Gasteiger partial charge in [-0.1, -0.05) is 48.5 Å². The van der Waals surface area contributed by atoms with E-state index < -0.39 is 0 Å². The summed E-state index contributed by atoms with van der Waals surface area (Å²) in [6, 6.07) is 16.3. The van der Waals surface area contributed by atoms with Crippen LogP contribution in [0.1, 0.15) is 51.7 Å². The van der Waals surface area contributed by atoms with Gasteiger partial charge in [0, 0.05) is 26.1 Å². The van der Waals surface area contributed by atoms with Crippen LogP contribution in [-0.4, -0.2) is 83.5 Å². The van der Waals surface area contributed by atoms with Crippen molar-refractivity contribution in [2.75, 3.05) is 52.5 Å². The highest BCUT2D eigenvalue weighted by Crippen LogP contribution is 2.23. The van der Waals surface area contributed by atoms with Crippen LogP contribution in [0, 0.1) is 0 Å². The van der Waals surface area contributed by atoms with Crippen molar-refractivity contribution in [2.24, 2.45) is 0 Å². The topological polar surface area (TPSA) is 74.6 Å². The van der Waals surface area contributed by atoms with E-state index in [9.17, 15) is 19.8 Å². The summed E-state index contributed by atoms with van der Waals surface area (Å²) in [5.41, 5.74) is 4.14. The van der Waals surface area contributed by atoms with Gasteiger partial charge in [-0.25, -0.2) is 9.59 Å². The Morgan fingerprint density at radius 1 is 0.579 bits per heavy atom. The van der Waals surface area contributed by atoms with E-state index >= 15 is 0 Å².